The lowest BCUT2D eigenvalue weighted by molar-refractivity contribution is 0.0554. The number of benzene rings is 1. The van der Waals surface area contributed by atoms with Gasteiger partial charge in [-0.3, -0.25) is 10.00 Å². The molecule has 1 aromatic heterocycles. The summed E-state index contributed by atoms with van der Waals surface area (Å²) >= 11 is 0. The Morgan fingerprint density at radius 2 is 2.17 bits per heavy atom. The summed E-state index contributed by atoms with van der Waals surface area (Å²) in [6.07, 6.45) is 1.65. The fraction of sp³-hybridized carbons (Fsp3) is 0.412. The molecular weight excluding hydrogens is 292 g/mol. The largest absolute Gasteiger partial charge is 0.445 e. The number of aromatic nitrogens is 2. The average molecular weight is 314 g/mol. The molecule has 3 rings (SSSR count). The minimum Gasteiger partial charge on any atom is -0.445 e. The predicted molar refractivity (Wildman–Crippen MR) is 87.5 cm³/mol. The van der Waals surface area contributed by atoms with E-state index in [4.69, 9.17) is 10.5 Å². The molecule has 2 unspecified atom stereocenters. The molecule has 6 heteroatoms. The van der Waals surface area contributed by atoms with Crippen molar-refractivity contribution in [3.8, 4) is 0 Å². The molecule has 1 amide bonds. The van der Waals surface area contributed by atoms with E-state index in [9.17, 15) is 4.79 Å². The number of hydrogen-bond donors (Lipinski definition) is 2. The number of rotatable bonds is 3. The van der Waals surface area contributed by atoms with Gasteiger partial charge < -0.3 is 10.5 Å². The number of aromatic amines is 1. The summed E-state index contributed by atoms with van der Waals surface area (Å²) in [4.78, 5) is 14.3. The zero-order chi connectivity index (χ0) is 16.2. The molecule has 6 nitrogen and oxygen atoms in total. The summed E-state index contributed by atoms with van der Waals surface area (Å²) in [5.41, 5.74) is 7.54. The molecule has 1 aliphatic rings. The van der Waals surface area contributed by atoms with Gasteiger partial charge in [0.2, 0.25) is 0 Å². The molecule has 0 saturated carbocycles. The summed E-state index contributed by atoms with van der Waals surface area (Å²) in [5.74, 6) is 0.895. The second-order valence-electron chi connectivity index (χ2n) is 6.14. The lowest BCUT2D eigenvalue weighted by Gasteiger charge is -2.37. The number of piperidine rings is 1. The number of anilines is 1. The van der Waals surface area contributed by atoms with Gasteiger partial charge in [-0.15, -0.1) is 0 Å². The summed E-state index contributed by atoms with van der Waals surface area (Å²) in [6.45, 7) is 3.11. The second-order valence-corrected chi connectivity index (χ2v) is 6.14. The maximum absolute atomic E-state index is 12.5. The minimum atomic E-state index is -0.293. The number of carbonyl (C=O) groups is 1. The summed E-state index contributed by atoms with van der Waals surface area (Å²) < 4.78 is 5.50. The Balaban J connectivity index is 1.69. The number of hydrogen-bond acceptors (Lipinski definition) is 4. The van der Waals surface area contributed by atoms with Crippen molar-refractivity contribution in [1.82, 2.24) is 15.1 Å². The average Bonchev–Trinajstić information content (AvgIpc) is 3.00. The number of nitrogen functional groups attached to an aromatic ring is 1. The number of ether oxygens (including phenoxy) is 1. The van der Waals surface area contributed by atoms with Gasteiger partial charge in [-0.25, -0.2) is 4.79 Å². The topological polar surface area (TPSA) is 84.2 Å². The SMILES string of the molecule is CC1CCC(c2cc(N)n[nH]2)N(C(=O)OCc2ccccc2)C1. The van der Waals surface area contributed by atoms with Gasteiger partial charge in [0.1, 0.15) is 12.4 Å². The van der Waals surface area contributed by atoms with Crippen LogP contribution in [0.15, 0.2) is 36.4 Å². The van der Waals surface area contributed by atoms with E-state index in [0.717, 1.165) is 24.1 Å². The highest BCUT2D eigenvalue weighted by molar-refractivity contribution is 5.68. The van der Waals surface area contributed by atoms with Gasteiger partial charge in [0.05, 0.1) is 11.7 Å². The van der Waals surface area contributed by atoms with Crippen LogP contribution in [0.3, 0.4) is 0 Å². The second kappa shape index (κ2) is 6.73. The number of H-pyrrole nitrogens is 1. The normalized spacial score (nSPS) is 21.2. The first-order chi connectivity index (χ1) is 11.1. The number of nitrogens with one attached hydrogen (secondary N) is 1. The highest BCUT2D eigenvalue weighted by Gasteiger charge is 2.33. The van der Waals surface area contributed by atoms with Crippen LogP contribution < -0.4 is 5.73 Å². The molecule has 2 aromatic rings. The zero-order valence-corrected chi connectivity index (χ0v) is 13.2. The van der Waals surface area contributed by atoms with Gasteiger partial charge in [-0.1, -0.05) is 37.3 Å². The third-order valence-electron chi connectivity index (χ3n) is 4.23. The van der Waals surface area contributed by atoms with Crippen molar-refractivity contribution < 1.29 is 9.53 Å². The summed E-state index contributed by atoms with van der Waals surface area (Å²) in [7, 11) is 0. The van der Waals surface area contributed by atoms with Crippen LogP contribution in [0.25, 0.3) is 0 Å². The minimum absolute atomic E-state index is 0.0562. The van der Waals surface area contributed by atoms with E-state index in [1.54, 1.807) is 11.0 Å². The first-order valence-corrected chi connectivity index (χ1v) is 7.91. The van der Waals surface area contributed by atoms with Gasteiger partial charge in [0.25, 0.3) is 0 Å². The third-order valence-corrected chi connectivity index (χ3v) is 4.23. The van der Waals surface area contributed by atoms with E-state index in [-0.39, 0.29) is 18.7 Å². The van der Waals surface area contributed by atoms with Crippen molar-refractivity contribution in [2.45, 2.75) is 32.4 Å². The van der Waals surface area contributed by atoms with Crippen molar-refractivity contribution >= 4 is 11.9 Å². The molecule has 2 atom stereocenters. The van der Waals surface area contributed by atoms with Crippen LogP contribution in [-0.4, -0.2) is 27.7 Å². The van der Waals surface area contributed by atoms with Crippen LogP contribution in [0, 0.1) is 5.92 Å². The number of amides is 1. The first kappa shape index (κ1) is 15.4. The highest BCUT2D eigenvalue weighted by atomic mass is 16.6. The van der Waals surface area contributed by atoms with E-state index in [2.05, 4.69) is 17.1 Å². The van der Waals surface area contributed by atoms with Crippen LogP contribution >= 0.6 is 0 Å². The molecule has 1 saturated heterocycles. The Hall–Kier alpha value is -2.50. The number of nitrogens with two attached hydrogens (primary N) is 1. The molecule has 122 valence electrons. The lowest BCUT2D eigenvalue weighted by atomic mass is 9.93. The molecule has 1 aromatic carbocycles. The molecule has 0 aliphatic carbocycles. The summed E-state index contributed by atoms with van der Waals surface area (Å²) in [5, 5.41) is 6.90. The predicted octanol–water partition coefficient (Wildman–Crippen LogP) is 3.10. The van der Waals surface area contributed by atoms with E-state index in [0.29, 0.717) is 18.3 Å². The molecular formula is C17H22N4O2. The van der Waals surface area contributed by atoms with Crippen LogP contribution in [0.5, 0.6) is 0 Å². The fourth-order valence-corrected chi connectivity index (χ4v) is 3.00. The van der Waals surface area contributed by atoms with Crippen LogP contribution in [-0.2, 0) is 11.3 Å². The van der Waals surface area contributed by atoms with Crippen molar-refractivity contribution in [3.63, 3.8) is 0 Å². The molecule has 2 heterocycles. The lowest BCUT2D eigenvalue weighted by Crippen LogP contribution is -2.42. The van der Waals surface area contributed by atoms with Crippen molar-refractivity contribution in [1.29, 1.82) is 0 Å². The van der Waals surface area contributed by atoms with E-state index in [1.165, 1.54) is 0 Å². The Morgan fingerprint density at radius 3 is 2.87 bits per heavy atom. The quantitative estimate of drug-likeness (QED) is 0.911. The van der Waals surface area contributed by atoms with Gasteiger partial charge in [-0.2, -0.15) is 5.10 Å². The van der Waals surface area contributed by atoms with Gasteiger partial charge in [0, 0.05) is 12.6 Å². The summed E-state index contributed by atoms with van der Waals surface area (Å²) in [6, 6.07) is 11.4. The van der Waals surface area contributed by atoms with Crippen molar-refractivity contribution in [2.24, 2.45) is 5.92 Å². The Labute approximate surface area is 135 Å². The molecule has 23 heavy (non-hydrogen) atoms. The third kappa shape index (κ3) is 3.64. The van der Waals surface area contributed by atoms with Crippen LogP contribution in [0.2, 0.25) is 0 Å². The van der Waals surface area contributed by atoms with Crippen molar-refractivity contribution in [2.75, 3.05) is 12.3 Å². The molecule has 0 spiro atoms. The van der Waals surface area contributed by atoms with Gasteiger partial charge >= 0.3 is 6.09 Å². The number of carbonyl (C=O) groups excluding carboxylic acids is 1. The Bertz CT molecular complexity index is 656. The standard InChI is InChI=1S/C17H22N4O2/c1-12-7-8-15(14-9-16(18)20-19-14)21(10-12)17(22)23-11-13-5-3-2-4-6-13/h2-6,9,12,15H,7-8,10-11H2,1H3,(H3,18,19,20). The van der Waals surface area contributed by atoms with E-state index < -0.39 is 0 Å². The molecule has 1 aliphatic heterocycles. The zero-order valence-electron chi connectivity index (χ0n) is 13.2. The van der Waals surface area contributed by atoms with E-state index >= 15 is 0 Å². The first-order valence-electron chi connectivity index (χ1n) is 7.91. The van der Waals surface area contributed by atoms with Gasteiger partial charge in [0.15, 0.2) is 0 Å². The molecule has 3 N–H and O–H groups in total. The van der Waals surface area contributed by atoms with Crippen LogP contribution in [0.1, 0.15) is 37.1 Å². The smallest absolute Gasteiger partial charge is 0.410 e. The molecule has 0 bridgehead atoms. The molecule has 0 radical (unpaired) electrons. The highest BCUT2D eigenvalue weighted by Crippen LogP contribution is 2.33. The van der Waals surface area contributed by atoms with Crippen molar-refractivity contribution in [3.05, 3.63) is 47.7 Å². The van der Waals surface area contributed by atoms with Gasteiger partial charge in [-0.05, 0) is 24.3 Å². The Morgan fingerprint density at radius 1 is 1.39 bits per heavy atom. The number of likely N-dealkylation sites (tertiary alicyclic amines) is 1. The number of nitrogens with zero attached hydrogens (tertiary/aromatic N) is 2. The maximum Gasteiger partial charge on any atom is 0.410 e. The monoisotopic (exact) mass is 314 g/mol. The van der Waals surface area contributed by atoms with E-state index in [1.807, 2.05) is 30.3 Å². The fourth-order valence-electron chi connectivity index (χ4n) is 3.00. The maximum atomic E-state index is 12.5. The Kier molecular flexibility index (Phi) is 4.50. The van der Waals surface area contributed by atoms with Crippen LogP contribution in [0.4, 0.5) is 10.6 Å². The molecule has 1 fully saturated rings.